The second kappa shape index (κ2) is 8.37. The Labute approximate surface area is 157 Å². The molecule has 0 aromatic heterocycles. The second-order valence-electron chi connectivity index (χ2n) is 6.95. The molecule has 3 rings (SSSR count). The molecule has 1 aliphatic heterocycles. The van der Waals surface area contributed by atoms with Crippen LogP contribution in [-0.2, 0) is 15.1 Å². The smallest absolute Gasteiger partial charge is 0.140 e. The Morgan fingerprint density at radius 2 is 1.73 bits per heavy atom. The third-order valence-corrected chi connectivity index (χ3v) is 5.32. The average Bonchev–Trinajstić information content (AvgIpc) is 2.72. The molecule has 0 amide bonds. The Morgan fingerprint density at radius 1 is 1.08 bits per heavy atom. The summed E-state index contributed by atoms with van der Waals surface area (Å²) in [6.07, 6.45) is 6.24. The molecule has 0 fully saturated rings. The maximum atomic E-state index is 6.79. The van der Waals surface area contributed by atoms with Gasteiger partial charge in [-0.3, -0.25) is 0 Å². The molecular formula is C24H28O2. The van der Waals surface area contributed by atoms with Gasteiger partial charge < -0.3 is 9.47 Å². The molecule has 0 radical (unpaired) electrons. The molecule has 2 aromatic rings. The summed E-state index contributed by atoms with van der Waals surface area (Å²) in [6.45, 7) is 5.13. The van der Waals surface area contributed by atoms with Crippen molar-refractivity contribution in [3.8, 4) is 0 Å². The van der Waals surface area contributed by atoms with Crippen LogP contribution in [0.5, 0.6) is 0 Å². The van der Waals surface area contributed by atoms with Crippen molar-refractivity contribution in [2.75, 3.05) is 13.7 Å². The SMILES string of the molecule is CCC(C)C1(c2ccccc2)C/C(=C/COC)C=C(c2ccccc2)O1. The Morgan fingerprint density at radius 3 is 2.35 bits per heavy atom. The van der Waals surface area contributed by atoms with Gasteiger partial charge in [-0.1, -0.05) is 80.6 Å². The highest BCUT2D eigenvalue weighted by molar-refractivity contribution is 5.65. The van der Waals surface area contributed by atoms with Gasteiger partial charge in [0.05, 0.1) is 6.61 Å². The third kappa shape index (κ3) is 3.76. The maximum Gasteiger partial charge on any atom is 0.140 e. The first-order chi connectivity index (χ1) is 12.7. The van der Waals surface area contributed by atoms with E-state index >= 15 is 0 Å². The fourth-order valence-electron chi connectivity index (χ4n) is 3.62. The van der Waals surface area contributed by atoms with Crippen LogP contribution >= 0.6 is 0 Å². The molecular weight excluding hydrogens is 320 g/mol. The van der Waals surface area contributed by atoms with Crippen molar-refractivity contribution in [1.29, 1.82) is 0 Å². The fraction of sp³-hybridized carbons (Fsp3) is 0.333. The molecule has 0 bridgehead atoms. The van der Waals surface area contributed by atoms with E-state index in [1.54, 1.807) is 7.11 Å². The maximum absolute atomic E-state index is 6.79. The fourth-order valence-corrected chi connectivity index (χ4v) is 3.62. The quantitative estimate of drug-likeness (QED) is 0.641. The van der Waals surface area contributed by atoms with Crippen LogP contribution < -0.4 is 0 Å². The lowest BCUT2D eigenvalue weighted by Gasteiger charge is -2.43. The van der Waals surface area contributed by atoms with Gasteiger partial charge in [-0.05, 0) is 23.6 Å². The van der Waals surface area contributed by atoms with Gasteiger partial charge in [0.25, 0.3) is 0 Å². The van der Waals surface area contributed by atoms with Gasteiger partial charge >= 0.3 is 0 Å². The van der Waals surface area contributed by atoms with E-state index in [1.807, 2.05) is 6.07 Å². The van der Waals surface area contributed by atoms with Crippen LogP contribution in [0.15, 0.2) is 78.4 Å². The van der Waals surface area contributed by atoms with Crippen molar-refractivity contribution in [3.63, 3.8) is 0 Å². The number of hydrogen-bond donors (Lipinski definition) is 0. The summed E-state index contributed by atoms with van der Waals surface area (Å²) in [7, 11) is 1.73. The zero-order chi connectivity index (χ0) is 18.4. The van der Waals surface area contributed by atoms with Crippen LogP contribution in [0.4, 0.5) is 0 Å². The minimum Gasteiger partial charge on any atom is -0.481 e. The van der Waals surface area contributed by atoms with Crippen LogP contribution in [0.3, 0.4) is 0 Å². The molecule has 0 aliphatic carbocycles. The van der Waals surface area contributed by atoms with Gasteiger partial charge in [0, 0.05) is 25.0 Å². The number of allylic oxidation sites excluding steroid dienone is 1. The van der Waals surface area contributed by atoms with E-state index in [9.17, 15) is 0 Å². The van der Waals surface area contributed by atoms with Crippen molar-refractivity contribution in [2.24, 2.45) is 5.92 Å². The lowest BCUT2D eigenvalue weighted by Crippen LogP contribution is -2.38. The first kappa shape index (κ1) is 18.5. The number of methoxy groups -OCH3 is 1. The van der Waals surface area contributed by atoms with E-state index < -0.39 is 0 Å². The summed E-state index contributed by atoms with van der Waals surface area (Å²) in [6, 6.07) is 21.0. The molecule has 1 aliphatic rings. The lowest BCUT2D eigenvalue weighted by molar-refractivity contribution is -0.0226. The van der Waals surface area contributed by atoms with Crippen LogP contribution in [0.25, 0.3) is 5.76 Å². The molecule has 2 unspecified atom stereocenters. The monoisotopic (exact) mass is 348 g/mol. The molecule has 2 aromatic carbocycles. The minimum absolute atomic E-state index is 0.366. The highest BCUT2D eigenvalue weighted by Gasteiger charge is 2.42. The van der Waals surface area contributed by atoms with E-state index in [-0.39, 0.29) is 5.60 Å². The van der Waals surface area contributed by atoms with E-state index in [1.165, 1.54) is 11.1 Å². The first-order valence-electron chi connectivity index (χ1n) is 9.39. The zero-order valence-corrected chi connectivity index (χ0v) is 15.9. The molecule has 0 spiro atoms. The van der Waals surface area contributed by atoms with Crippen molar-refractivity contribution in [1.82, 2.24) is 0 Å². The Kier molecular flexibility index (Phi) is 5.95. The van der Waals surface area contributed by atoms with Crippen LogP contribution in [0.1, 0.15) is 37.8 Å². The van der Waals surface area contributed by atoms with E-state index in [0.717, 1.165) is 24.2 Å². The highest BCUT2D eigenvalue weighted by atomic mass is 16.5. The molecule has 26 heavy (non-hydrogen) atoms. The minimum atomic E-state index is -0.366. The third-order valence-electron chi connectivity index (χ3n) is 5.32. The molecule has 2 atom stereocenters. The highest BCUT2D eigenvalue weighted by Crippen LogP contribution is 2.47. The molecule has 2 heteroatoms. The van der Waals surface area contributed by atoms with Gasteiger partial charge in [0.2, 0.25) is 0 Å². The molecule has 0 saturated carbocycles. The normalized spacial score (nSPS) is 22.6. The van der Waals surface area contributed by atoms with Crippen molar-refractivity contribution >= 4 is 5.76 Å². The predicted molar refractivity (Wildman–Crippen MR) is 108 cm³/mol. The van der Waals surface area contributed by atoms with Crippen molar-refractivity contribution < 1.29 is 9.47 Å². The molecule has 0 saturated heterocycles. The van der Waals surface area contributed by atoms with Gasteiger partial charge in [0.15, 0.2) is 0 Å². The lowest BCUT2D eigenvalue weighted by atomic mass is 9.74. The Balaban J connectivity index is 2.12. The molecule has 0 N–H and O–H groups in total. The van der Waals surface area contributed by atoms with Gasteiger partial charge in [-0.2, -0.15) is 0 Å². The predicted octanol–water partition coefficient (Wildman–Crippen LogP) is 5.96. The summed E-state index contributed by atoms with van der Waals surface area (Å²) < 4.78 is 12.1. The number of benzene rings is 2. The Hall–Kier alpha value is -2.32. The number of rotatable bonds is 6. The summed E-state index contributed by atoms with van der Waals surface area (Å²) in [5.74, 6) is 1.31. The van der Waals surface area contributed by atoms with Crippen molar-refractivity contribution in [2.45, 2.75) is 32.3 Å². The Bertz CT molecular complexity index is 761. The van der Waals surface area contributed by atoms with Gasteiger partial charge in [-0.15, -0.1) is 0 Å². The van der Waals surface area contributed by atoms with Crippen molar-refractivity contribution in [3.05, 3.63) is 89.5 Å². The van der Waals surface area contributed by atoms with E-state index in [4.69, 9.17) is 9.47 Å². The molecule has 1 heterocycles. The van der Waals surface area contributed by atoms with Crippen LogP contribution in [-0.4, -0.2) is 13.7 Å². The first-order valence-corrected chi connectivity index (χ1v) is 9.39. The van der Waals surface area contributed by atoms with Gasteiger partial charge in [0.1, 0.15) is 11.4 Å². The van der Waals surface area contributed by atoms with Crippen LogP contribution in [0, 0.1) is 5.92 Å². The summed E-state index contributed by atoms with van der Waals surface area (Å²) in [5.41, 5.74) is 3.25. The summed E-state index contributed by atoms with van der Waals surface area (Å²) in [5, 5.41) is 0. The average molecular weight is 348 g/mol. The molecule has 136 valence electrons. The number of ether oxygens (including phenoxy) is 2. The summed E-state index contributed by atoms with van der Waals surface area (Å²) in [4.78, 5) is 0. The summed E-state index contributed by atoms with van der Waals surface area (Å²) >= 11 is 0. The van der Waals surface area contributed by atoms with E-state index in [0.29, 0.717) is 12.5 Å². The molecule has 2 nitrogen and oxygen atoms in total. The largest absolute Gasteiger partial charge is 0.481 e. The van der Waals surface area contributed by atoms with Crippen LogP contribution in [0.2, 0.25) is 0 Å². The topological polar surface area (TPSA) is 18.5 Å². The second-order valence-corrected chi connectivity index (χ2v) is 6.95. The van der Waals surface area contributed by atoms with E-state index in [2.05, 4.69) is 80.6 Å². The van der Waals surface area contributed by atoms with Gasteiger partial charge in [-0.25, -0.2) is 0 Å². The number of hydrogen-bond acceptors (Lipinski definition) is 2. The standard InChI is InChI=1S/C24H28O2/c1-4-19(2)24(22-13-9-6-10-14-22)18-20(15-16-25-3)17-23(26-24)21-11-7-5-8-12-21/h5-15,17,19H,4,16,18H2,1-3H3/b20-15+. The zero-order valence-electron chi connectivity index (χ0n) is 15.9.